The van der Waals surface area contributed by atoms with Crippen LogP contribution in [0.4, 0.5) is 15.2 Å². The van der Waals surface area contributed by atoms with Gasteiger partial charge in [0.2, 0.25) is 5.13 Å². The first kappa shape index (κ1) is 19.0. The molecule has 0 aliphatic rings. The van der Waals surface area contributed by atoms with E-state index in [-0.39, 0.29) is 5.82 Å². The van der Waals surface area contributed by atoms with E-state index in [1.165, 1.54) is 23.0 Å². The van der Waals surface area contributed by atoms with Crippen molar-refractivity contribution < 1.29 is 4.39 Å². The number of nitrogens with one attached hydrogen (secondary N) is 1. The third kappa shape index (κ3) is 4.67. The van der Waals surface area contributed by atoms with Crippen LogP contribution in [-0.2, 0) is 13.2 Å². The highest BCUT2D eigenvalue weighted by atomic mass is 35.5. The van der Waals surface area contributed by atoms with Crippen molar-refractivity contribution in [3.63, 3.8) is 0 Å². The molecule has 0 fully saturated rings. The van der Waals surface area contributed by atoms with Crippen molar-refractivity contribution in [1.82, 2.24) is 14.7 Å². The number of rotatable bonds is 6. The Labute approximate surface area is 165 Å². The second-order valence-corrected chi connectivity index (χ2v) is 8.05. The summed E-state index contributed by atoms with van der Waals surface area (Å²) in [7, 11) is 1.87. The second-order valence-electron chi connectivity index (χ2n) is 6.02. The van der Waals surface area contributed by atoms with Gasteiger partial charge >= 0.3 is 0 Å². The number of aryl methyl sites for hydroxylation is 1. The second kappa shape index (κ2) is 8.26. The molecular weight excluding hydrogens is 391 g/mol. The Morgan fingerprint density at radius 2 is 2.00 bits per heavy atom. The number of halogens is 2. The van der Waals surface area contributed by atoms with Crippen LogP contribution in [0, 0.1) is 16.7 Å². The summed E-state index contributed by atoms with van der Waals surface area (Å²) in [6.45, 7) is 2.85. The van der Waals surface area contributed by atoms with Crippen LogP contribution in [-0.4, -0.2) is 21.7 Å². The van der Waals surface area contributed by atoms with Crippen LogP contribution < -0.4 is 5.32 Å². The lowest BCUT2D eigenvalue weighted by Gasteiger charge is -2.17. The standard InChI is InChI=1S/C18H18ClFN4S2/c1-12-6-8-13(9-7-12)21-17-22-24(18(25)26-17)11-23(2)10-14-15(19)4-3-5-16(14)20/h3-9H,10-11H2,1-2H3,(H,21,22). The Balaban J connectivity index is 1.69. The predicted molar refractivity (Wildman–Crippen MR) is 108 cm³/mol. The third-order valence-corrected chi connectivity index (χ3v) is 5.35. The maximum Gasteiger partial charge on any atom is 0.209 e. The molecule has 26 heavy (non-hydrogen) atoms. The molecule has 1 heterocycles. The van der Waals surface area contributed by atoms with E-state index in [0.29, 0.717) is 27.8 Å². The van der Waals surface area contributed by atoms with Gasteiger partial charge in [-0.15, -0.1) is 5.10 Å². The highest BCUT2D eigenvalue weighted by molar-refractivity contribution is 7.73. The number of hydrogen-bond donors (Lipinski definition) is 1. The summed E-state index contributed by atoms with van der Waals surface area (Å²) in [6.07, 6.45) is 0. The van der Waals surface area contributed by atoms with E-state index in [2.05, 4.69) is 10.4 Å². The van der Waals surface area contributed by atoms with Crippen LogP contribution >= 0.6 is 35.2 Å². The van der Waals surface area contributed by atoms with Gasteiger partial charge in [-0.2, -0.15) is 0 Å². The minimum atomic E-state index is -0.312. The summed E-state index contributed by atoms with van der Waals surface area (Å²) in [6, 6.07) is 12.8. The fourth-order valence-corrected chi connectivity index (χ4v) is 3.67. The fraction of sp³-hybridized carbons (Fsp3) is 0.222. The maximum atomic E-state index is 13.9. The van der Waals surface area contributed by atoms with Gasteiger partial charge in [0.05, 0.1) is 6.67 Å². The first-order valence-corrected chi connectivity index (χ1v) is 9.56. The molecule has 136 valence electrons. The van der Waals surface area contributed by atoms with Gasteiger partial charge in [-0.3, -0.25) is 4.90 Å². The summed E-state index contributed by atoms with van der Waals surface area (Å²) in [5, 5.41) is 8.90. The average Bonchev–Trinajstić information content (AvgIpc) is 2.92. The zero-order chi connectivity index (χ0) is 18.7. The third-order valence-electron chi connectivity index (χ3n) is 3.77. The van der Waals surface area contributed by atoms with Gasteiger partial charge in [-0.05, 0) is 50.5 Å². The quantitative estimate of drug-likeness (QED) is 0.537. The van der Waals surface area contributed by atoms with Gasteiger partial charge in [-0.1, -0.05) is 46.7 Å². The van der Waals surface area contributed by atoms with Crippen molar-refractivity contribution in [1.29, 1.82) is 0 Å². The summed E-state index contributed by atoms with van der Waals surface area (Å²) in [5.74, 6) is -0.312. The Hall–Kier alpha value is -1.80. The van der Waals surface area contributed by atoms with Crippen molar-refractivity contribution >= 4 is 46.0 Å². The Morgan fingerprint density at radius 1 is 1.27 bits per heavy atom. The molecule has 4 nitrogen and oxygen atoms in total. The Morgan fingerprint density at radius 3 is 2.69 bits per heavy atom. The van der Waals surface area contributed by atoms with E-state index in [9.17, 15) is 4.39 Å². The predicted octanol–water partition coefficient (Wildman–Crippen LogP) is 5.61. The number of aromatic nitrogens is 2. The molecule has 8 heteroatoms. The van der Waals surface area contributed by atoms with Crippen LogP contribution in [0.2, 0.25) is 5.02 Å². The van der Waals surface area contributed by atoms with E-state index in [1.54, 1.807) is 16.8 Å². The molecule has 0 bridgehead atoms. The van der Waals surface area contributed by atoms with Gasteiger partial charge in [0, 0.05) is 22.8 Å². The smallest absolute Gasteiger partial charge is 0.209 e. The van der Waals surface area contributed by atoms with Crippen LogP contribution in [0.1, 0.15) is 11.1 Å². The molecule has 3 aromatic rings. The van der Waals surface area contributed by atoms with Crippen LogP contribution in [0.5, 0.6) is 0 Å². The molecule has 0 radical (unpaired) electrons. The molecule has 1 N–H and O–H groups in total. The van der Waals surface area contributed by atoms with Crippen molar-refractivity contribution in [2.24, 2.45) is 0 Å². The van der Waals surface area contributed by atoms with Crippen molar-refractivity contribution in [3.8, 4) is 0 Å². The normalized spacial score (nSPS) is 11.1. The molecule has 0 amide bonds. The summed E-state index contributed by atoms with van der Waals surface area (Å²) in [4.78, 5) is 1.91. The molecule has 2 aromatic carbocycles. The summed E-state index contributed by atoms with van der Waals surface area (Å²) in [5.41, 5.74) is 2.62. The van der Waals surface area contributed by atoms with Crippen molar-refractivity contribution in [2.75, 3.05) is 12.4 Å². The van der Waals surface area contributed by atoms with Crippen molar-refractivity contribution in [3.05, 3.63) is 68.4 Å². The first-order valence-electron chi connectivity index (χ1n) is 7.95. The van der Waals surface area contributed by atoms with Gasteiger partial charge in [0.25, 0.3) is 0 Å². The molecule has 0 aliphatic carbocycles. The minimum absolute atomic E-state index is 0.312. The number of anilines is 2. The first-order chi connectivity index (χ1) is 12.4. The molecule has 0 spiro atoms. The van der Waals surface area contributed by atoms with Crippen LogP contribution in [0.15, 0.2) is 42.5 Å². The zero-order valence-electron chi connectivity index (χ0n) is 14.4. The topological polar surface area (TPSA) is 33.1 Å². The Kier molecular flexibility index (Phi) is 6.03. The van der Waals surface area contributed by atoms with E-state index >= 15 is 0 Å². The van der Waals surface area contributed by atoms with E-state index < -0.39 is 0 Å². The SMILES string of the molecule is Cc1ccc(Nc2nn(CN(C)Cc3c(F)cccc3Cl)c(=S)s2)cc1. The number of hydrogen-bond acceptors (Lipinski definition) is 5. The zero-order valence-corrected chi connectivity index (χ0v) is 16.8. The lowest BCUT2D eigenvalue weighted by Crippen LogP contribution is -2.23. The van der Waals surface area contributed by atoms with E-state index in [0.717, 1.165) is 10.8 Å². The van der Waals surface area contributed by atoms with E-state index in [1.807, 2.05) is 43.1 Å². The summed E-state index contributed by atoms with van der Waals surface area (Å²) < 4.78 is 16.3. The lowest BCUT2D eigenvalue weighted by atomic mass is 10.2. The molecule has 0 saturated heterocycles. The van der Waals surface area contributed by atoms with Gasteiger partial charge < -0.3 is 5.32 Å². The van der Waals surface area contributed by atoms with Crippen LogP contribution in [0.3, 0.4) is 0 Å². The molecule has 3 rings (SSSR count). The van der Waals surface area contributed by atoms with Crippen molar-refractivity contribution in [2.45, 2.75) is 20.1 Å². The summed E-state index contributed by atoms with van der Waals surface area (Å²) >= 11 is 12.9. The maximum absolute atomic E-state index is 13.9. The number of benzene rings is 2. The van der Waals surface area contributed by atoms with Crippen LogP contribution in [0.25, 0.3) is 0 Å². The Bertz CT molecular complexity index is 932. The lowest BCUT2D eigenvalue weighted by molar-refractivity contribution is 0.242. The molecular formula is C18H18ClFN4S2. The average molecular weight is 409 g/mol. The molecule has 0 atom stereocenters. The molecule has 0 unspecified atom stereocenters. The van der Waals surface area contributed by atoms with Gasteiger partial charge in [-0.25, -0.2) is 9.07 Å². The molecule has 1 aromatic heterocycles. The van der Waals surface area contributed by atoms with E-state index in [4.69, 9.17) is 23.8 Å². The largest absolute Gasteiger partial charge is 0.330 e. The monoisotopic (exact) mass is 408 g/mol. The number of nitrogens with zero attached hydrogens (tertiary/aromatic N) is 3. The molecule has 0 saturated carbocycles. The van der Waals surface area contributed by atoms with Gasteiger partial charge in [0.15, 0.2) is 3.95 Å². The fourth-order valence-electron chi connectivity index (χ4n) is 2.44. The minimum Gasteiger partial charge on any atom is -0.330 e. The van der Waals surface area contributed by atoms with Gasteiger partial charge in [0.1, 0.15) is 5.82 Å². The highest BCUT2D eigenvalue weighted by Crippen LogP contribution is 2.23. The molecule has 0 aliphatic heterocycles. The highest BCUT2D eigenvalue weighted by Gasteiger charge is 2.12.